The summed E-state index contributed by atoms with van der Waals surface area (Å²) in [5.41, 5.74) is 6.61. The van der Waals surface area contributed by atoms with Gasteiger partial charge in [0.1, 0.15) is 0 Å². The normalized spacial score (nSPS) is 18.0. The van der Waals surface area contributed by atoms with Gasteiger partial charge >= 0.3 is 0 Å². The molecule has 2 rings (SSSR count). The third kappa shape index (κ3) is 4.03. The standard InChI is InChI=1S/C15H24N2O3S/c1-20-14-8-11-17(12-9-14)21(18,19)15-6-4-13(5-7-15)3-2-10-16/h4-7,14H,2-3,8-12,16H2,1H3. The first-order valence-electron chi connectivity index (χ1n) is 7.40. The van der Waals surface area contributed by atoms with Gasteiger partial charge < -0.3 is 10.5 Å². The first kappa shape index (κ1) is 16.4. The lowest BCUT2D eigenvalue weighted by Gasteiger charge is -2.30. The van der Waals surface area contributed by atoms with Gasteiger partial charge in [0.2, 0.25) is 10.0 Å². The van der Waals surface area contributed by atoms with Crippen LogP contribution in [0.2, 0.25) is 0 Å². The SMILES string of the molecule is COC1CCN(S(=O)(=O)c2ccc(CCCN)cc2)CC1. The minimum atomic E-state index is -3.38. The summed E-state index contributed by atoms with van der Waals surface area (Å²) in [4.78, 5) is 0.370. The molecule has 0 spiro atoms. The number of aryl methyl sites for hydroxylation is 1. The van der Waals surface area contributed by atoms with E-state index >= 15 is 0 Å². The predicted octanol–water partition coefficient (Wildman–Crippen LogP) is 1.38. The molecule has 2 N–H and O–H groups in total. The monoisotopic (exact) mass is 312 g/mol. The molecule has 0 aliphatic carbocycles. The largest absolute Gasteiger partial charge is 0.381 e. The highest BCUT2D eigenvalue weighted by atomic mass is 32.2. The van der Waals surface area contributed by atoms with E-state index in [4.69, 9.17) is 10.5 Å². The summed E-state index contributed by atoms with van der Waals surface area (Å²) < 4.78 is 32.0. The van der Waals surface area contributed by atoms with Crippen molar-refractivity contribution in [3.8, 4) is 0 Å². The average molecular weight is 312 g/mol. The van der Waals surface area contributed by atoms with Crippen LogP contribution in [-0.2, 0) is 21.2 Å². The first-order chi connectivity index (χ1) is 10.1. The molecule has 0 amide bonds. The topological polar surface area (TPSA) is 72.6 Å². The van der Waals surface area contributed by atoms with Gasteiger partial charge in [0.15, 0.2) is 0 Å². The molecule has 5 nitrogen and oxygen atoms in total. The van der Waals surface area contributed by atoms with Gasteiger partial charge in [-0.25, -0.2) is 8.42 Å². The highest BCUT2D eigenvalue weighted by Gasteiger charge is 2.29. The van der Waals surface area contributed by atoms with Gasteiger partial charge in [0, 0.05) is 20.2 Å². The van der Waals surface area contributed by atoms with Crippen LogP contribution >= 0.6 is 0 Å². The fourth-order valence-electron chi connectivity index (χ4n) is 2.59. The van der Waals surface area contributed by atoms with E-state index in [0.29, 0.717) is 24.5 Å². The molecule has 1 fully saturated rings. The van der Waals surface area contributed by atoms with Crippen LogP contribution in [0.3, 0.4) is 0 Å². The lowest BCUT2D eigenvalue weighted by Crippen LogP contribution is -2.40. The summed E-state index contributed by atoms with van der Waals surface area (Å²) in [6.07, 6.45) is 3.48. The number of nitrogens with two attached hydrogens (primary N) is 1. The Bertz CT molecular complexity index is 535. The van der Waals surface area contributed by atoms with Crippen molar-refractivity contribution < 1.29 is 13.2 Å². The van der Waals surface area contributed by atoms with E-state index in [9.17, 15) is 8.42 Å². The van der Waals surface area contributed by atoms with E-state index in [1.807, 2.05) is 12.1 Å². The molecule has 6 heteroatoms. The maximum Gasteiger partial charge on any atom is 0.243 e. The van der Waals surface area contributed by atoms with E-state index in [2.05, 4.69) is 0 Å². The minimum Gasteiger partial charge on any atom is -0.381 e. The number of methoxy groups -OCH3 is 1. The zero-order valence-electron chi connectivity index (χ0n) is 12.5. The van der Waals surface area contributed by atoms with Crippen molar-refractivity contribution in [1.29, 1.82) is 0 Å². The Kier molecular flexibility index (Phi) is 5.75. The van der Waals surface area contributed by atoms with Crippen LogP contribution in [-0.4, -0.2) is 45.6 Å². The fraction of sp³-hybridized carbons (Fsp3) is 0.600. The molecule has 1 aromatic rings. The molecule has 0 bridgehead atoms. The summed E-state index contributed by atoms with van der Waals surface area (Å²) in [5.74, 6) is 0. The smallest absolute Gasteiger partial charge is 0.243 e. The Hall–Kier alpha value is -0.950. The van der Waals surface area contributed by atoms with Gasteiger partial charge in [0.05, 0.1) is 11.0 Å². The molecule has 0 aromatic heterocycles. The number of sulfonamides is 1. The number of hydrogen-bond acceptors (Lipinski definition) is 4. The van der Waals surface area contributed by atoms with Crippen molar-refractivity contribution in [2.75, 3.05) is 26.7 Å². The Morgan fingerprint density at radius 3 is 2.38 bits per heavy atom. The van der Waals surface area contributed by atoms with Gasteiger partial charge in [-0.3, -0.25) is 0 Å². The van der Waals surface area contributed by atoms with Crippen LogP contribution in [0.4, 0.5) is 0 Å². The van der Waals surface area contributed by atoms with Crippen LogP contribution in [0.5, 0.6) is 0 Å². The van der Waals surface area contributed by atoms with E-state index in [-0.39, 0.29) is 6.10 Å². The van der Waals surface area contributed by atoms with Crippen LogP contribution < -0.4 is 5.73 Å². The molecule has 1 saturated heterocycles. The summed E-state index contributed by atoms with van der Waals surface area (Å²) in [6.45, 7) is 1.69. The maximum absolute atomic E-state index is 12.6. The molecule has 0 radical (unpaired) electrons. The second-order valence-electron chi connectivity index (χ2n) is 5.38. The molecule has 0 atom stereocenters. The molecule has 1 aromatic carbocycles. The Labute approximate surface area is 127 Å². The number of benzene rings is 1. The van der Waals surface area contributed by atoms with Crippen LogP contribution in [0.1, 0.15) is 24.8 Å². The number of nitrogens with zero attached hydrogens (tertiary/aromatic N) is 1. The average Bonchev–Trinajstić information content (AvgIpc) is 2.53. The molecule has 1 aliphatic rings. The van der Waals surface area contributed by atoms with E-state index < -0.39 is 10.0 Å². The van der Waals surface area contributed by atoms with Gasteiger partial charge in [-0.1, -0.05) is 12.1 Å². The minimum absolute atomic E-state index is 0.176. The summed E-state index contributed by atoms with van der Waals surface area (Å²) in [5, 5.41) is 0. The van der Waals surface area contributed by atoms with E-state index in [0.717, 1.165) is 31.2 Å². The Balaban J connectivity index is 2.05. The summed E-state index contributed by atoms with van der Waals surface area (Å²) in [7, 11) is -1.70. The summed E-state index contributed by atoms with van der Waals surface area (Å²) in [6, 6.07) is 7.15. The first-order valence-corrected chi connectivity index (χ1v) is 8.84. The highest BCUT2D eigenvalue weighted by Crippen LogP contribution is 2.22. The fourth-order valence-corrected chi connectivity index (χ4v) is 4.06. The molecule has 1 heterocycles. The van der Waals surface area contributed by atoms with Crippen molar-refractivity contribution in [1.82, 2.24) is 4.31 Å². The number of hydrogen-bond donors (Lipinski definition) is 1. The van der Waals surface area contributed by atoms with Gasteiger partial charge in [-0.05, 0) is 49.9 Å². The molecule has 118 valence electrons. The maximum atomic E-state index is 12.6. The van der Waals surface area contributed by atoms with Crippen molar-refractivity contribution in [3.63, 3.8) is 0 Å². The Morgan fingerprint density at radius 1 is 1.24 bits per heavy atom. The second-order valence-corrected chi connectivity index (χ2v) is 7.31. The van der Waals surface area contributed by atoms with Crippen molar-refractivity contribution in [2.24, 2.45) is 5.73 Å². The van der Waals surface area contributed by atoms with E-state index in [1.54, 1.807) is 23.5 Å². The summed E-state index contributed by atoms with van der Waals surface area (Å²) >= 11 is 0. The van der Waals surface area contributed by atoms with Crippen LogP contribution in [0.15, 0.2) is 29.2 Å². The van der Waals surface area contributed by atoms with Crippen LogP contribution in [0.25, 0.3) is 0 Å². The van der Waals surface area contributed by atoms with E-state index in [1.165, 1.54) is 0 Å². The number of rotatable bonds is 6. The molecule has 0 unspecified atom stereocenters. The second kappa shape index (κ2) is 7.35. The zero-order valence-corrected chi connectivity index (χ0v) is 13.3. The van der Waals surface area contributed by atoms with Crippen molar-refractivity contribution in [2.45, 2.75) is 36.7 Å². The van der Waals surface area contributed by atoms with Crippen LogP contribution in [0, 0.1) is 0 Å². The van der Waals surface area contributed by atoms with Gasteiger partial charge in [-0.2, -0.15) is 4.31 Å². The molecular weight excluding hydrogens is 288 g/mol. The van der Waals surface area contributed by atoms with Gasteiger partial charge in [-0.15, -0.1) is 0 Å². The zero-order chi connectivity index (χ0) is 15.3. The highest BCUT2D eigenvalue weighted by molar-refractivity contribution is 7.89. The number of ether oxygens (including phenoxy) is 1. The lowest BCUT2D eigenvalue weighted by atomic mass is 10.1. The number of piperidine rings is 1. The molecule has 21 heavy (non-hydrogen) atoms. The molecule has 0 saturated carbocycles. The predicted molar refractivity (Wildman–Crippen MR) is 82.6 cm³/mol. The molecule has 1 aliphatic heterocycles. The molecular formula is C15H24N2O3S. The quantitative estimate of drug-likeness (QED) is 0.861. The Morgan fingerprint density at radius 2 is 1.86 bits per heavy atom. The van der Waals surface area contributed by atoms with Crippen molar-refractivity contribution >= 4 is 10.0 Å². The third-order valence-electron chi connectivity index (χ3n) is 3.96. The van der Waals surface area contributed by atoms with Crippen molar-refractivity contribution in [3.05, 3.63) is 29.8 Å². The third-order valence-corrected chi connectivity index (χ3v) is 5.88. The van der Waals surface area contributed by atoms with Gasteiger partial charge in [0.25, 0.3) is 0 Å². The lowest BCUT2D eigenvalue weighted by molar-refractivity contribution is 0.0604.